The summed E-state index contributed by atoms with van der Waals surface area (Å²) in [4.78, 5) is 5.14. The van der Waals surface area contributed by atoms with E-state index in [2.05, 4.69) is 41.0 Å². The number of para-hydroxylation sites is 1. The highest BCUT2D eigenvalue weighted by atomic mass is 16.5. The Morgan fingerprint density at radius 3 is 2.72 bits per heavy atom. The first-order valence-electron chi connectivity index (χ1n) is 10.1. The molecule has 4 nitrogen and oxygen atoms in total. The van der Waals surface area contributed by atoms with Crippen LogP contribution in [0.15, 0.2) is 24.3 Å². The number of anilines is 1. The zero-order valence-corrected chi connectivity index (χ0v) is 15.5. The van der Waals surface area contributed by atoms with Gasteiger partial charge in [0.25, 0.3) is 0 Å². The molecule has 0 radical (unpaired) electrons. The SMILES string of the molecule is CCOC1CC(O)C12CCN(CCN1CCCc3ccccc31)CC2. The summed E-state index contributed by atoms with van der Waals surface area (Å²) in [6.07, 6.45) is 5.60. The molecule has 138 valence electrons. The summed E-state index contributed by atoms with van der Waals surface area (Å²) in [5.74, 6) is 0. The Bertz CT molecular complexity index is 581. The van der Waals surface area contributed by atoms with Crippen LogP contribution in [0.4, 0.5) is 5.69 Å². The molecule has 4 heteroatoms. The summed E-state index contributed by atoms with van der Waals surface area (Å²) >= 11 is 0. The van der Waals surface area contributed by atoms with Crippen LogP contribution in [0.3, 0.4) is 0 Å². The highest BCUT2D eigenvalue weighted by Gasteiger charge is 2.55. The lowest BCUT2D eigenvalue weighted by molar-refractivity contribution is -0.209. The number of hydrogen-bond acceptors (Lipinski definition) is 4. The summed E-state index contributed by atoms with van der Waals surface area (Å²) < 4.78 is 5.88. The molecule has 2 heterocycles. The second-order valence-electron chi connectivity index (χ2n) is 7.99. The van der Waals surface area contributed by atoms with E-state index in [0.717, 1.165) is 52.0 Å². The van der Waals surface area contributed by atoms with E-state index in [0.29, 0.717) is 0 Å². The van der Waals surface area contributed by atoms with Crippen molar-refractivity contribution in [1.82, 2.24) is 4.90 Å². The predicted molar refractivity (Wildman–Crippen MR) is 101 cm³/mol. The van der Waals surface area contributed by atoms with Gasteiger partial charge in [-0.05, 0) is 57.3 Å². The lowest BCUT2D eigenvalue weighted by atomic mass is 9.58. The smallest absolute Gasteiger partial charge is 0.0681 e. The number of piperidine rings is 1. The number of likely N-dealkylation sites (tertiary alicyclic amines) is 1. The summed E-state index contributed by atoms with van der Waals surface area (Å²) in [5.41, 5.74) is 2.99. The summed E-state index contributed by atoms with van der Waals surface area (Å²) in [6, 6.07) is 8.87. The van der Waals surface area contributed by atoms with Crippen LogP contribution in [0.5, 0.6) is 0 Å². The van der Waals surface area contributed by atoms with Gasteiger partial charge in [-0.15, -0.1) is 0 Å². The molecule has 2 unspecified atom stereocenters. The van der Waals surface area contributed by atoms with Gasteiger partial charge in [-0.3, -0.25) is 0 Å². The summed E-state index contributed by atoms with van der Waals surface area (Å²) in [6.45, 7) is 8.43. The van der Waals surface area contributed by atoms with Gasteiger partial charge in [-0.25, -0.2) is 0 Å². The first-order chi connectivity index (χ1) is 12.2. The zero-order valence-electron chi connectivity index (χ0n) is 15.5. The van der Waals surface area contributed by atoms with Crippen LogP contribution in [0.1, 0.15) is 38.2 Å². The molecular formula is C21H32N2O2. The third-order valence-corrected chi connectivity index (χ3v) is 6.79. The van der Waals surface area contributed by atoms with Gasteiger partial charge in [0.1, 0.15) is 0 Å². The molecule has 1 aromatic carbocycles. The van der Waals surface area contributed by atoms with Gasteiger partial charge in [-0.2, -0.15) is 0 Å². The summed E-state index contributed by atoms with van der Waals surface area (Å²) in [7, 11) is 0. The minimum absolute atomic E-state index is 0.0459. The van der Waals surface area contributed by atoms with Gasteiger partial charge in [0.2, 0.25) is 0 Å². The number of rotatable bonds is 5. The molecule has 4 rings (SSSR count). The van der Waals surface area contributed by atoms with Crippen LogP contribution in [-0.2, 0) is 11.2 Å². The van der Waals surface area contributed by atoms with Crippen molar-refractivity contribution in [2.24, 2.45) is 5.41 Å². The Kier molecular flexibility index (Phi) is 5.03. The van der Waals surface area contributed by atoms with E-state index < -0.39 is 0 Å². The molecule has 1 saturated heterocycles. The van der Waals surface area contributed by atoms with Crippen LogP contribution in [0.25, 0.3) is 0 Å². The third kappa shape index (κ3) is 3.20. The van der Waals surface area contributed by atoms with Crippen LogP contribution in [0, 0.1) is 5.41 Å². The van der Waals surface area contributed by atoms with Gasteiger partial charge in [0, 0.05) is 43.8 Å². The fourth-order valence-corrected chi connectivity index (χ4v) is 5.12. The number of ether oxygens (including phenoxy) is 1. The number of aliphatic hydroxyl groups is 1. The molecule has 0 bridgehead atoms. The van der Waals surface area contributed by atoms with Gasteiger partial charge in [-0.1, -0.05) is 18.2 Å². The van der Waals surface area contributed by atoms with Crippen molar-refractivity contribution in [3.05, 3.63) is 29.8 Å². The average Bonchev–Trinajstić information content (AvgIpc) is 2.66. The highest BCUT2D eigenvalue weighted by molar-refractivity contribution is 5.55. The maximum atomic E-state index is 10.3. The molecule has 2 aliphatic heterocycles. The van der Waals surface area contributed by atoms with E-state index in [-0.39, 0.29) is 17.6 Å². The normalized spacial score (nSPS) is 28.6. The molecule has 1 saturated carbocycles. The Morgan fingerprint density at radius 2 is 1.96 bits per heavy atom. The maximum absolute atomic E-state index is 10.3. The van der Waals surface area contributed by atoms with Crippen LogP contribution in [0.2, 0.25) is 0 Å². The minimum atomic E-state index is -0.153. The molecule has 0 aromatic heterocycles. The average molecular weight is 344 g/mol. The Hall–Kier alpha value is -1.10. The number of aliphatic hydroxyl groups excluding tert-OH is 1. The molecule has 1 aromatic rings. The maximum Gasteiger partial charge on any atom is 0.0681 e. The van der Waals surface area contributed by atoms with Crippen LogP contribution < -0.4 is 4.90 Å². The lowest BCUT2D eigenvalue weighted by Crippen LogP contribution is -2.62. The molecule has 2 fully saturated rings. The Morgan fingerprint density at radius 1 is 1.16 bits per heavy atom. The van der Waals surface area contributed by atoms with Gasteiger partial charge >= 0.3 is 0 Å². The molecule has 25 heavy (non-hydrogen) atoms. The number of fused-ring (bicyclic) bond motifs is 1. The van der Waals surface area contributed by atoms with Crippen molar-refractivity contribution in [3.63, 3.8) is 0 Å². The summed E-state index contributed by atoms with van der Waals surface area (Å²) in [5, 5.41) is 10.3. The van der Waals surface area contributed by atoms with Crippen molar-refractivity contribution in [2.75, 3.05) is 44.2 Å². The number of benzene rings is 1. The Labute approximate surface area is 151 Å². The van der Waals surface area contributed by atoms with E-state index in [1.165, 1.54) is 30.6 Å². The topological polar surface area (TPSA) is 35.9 Å². The fraction of sp³-hybridized carbons (Fsp3) is 0.714. The number of aryl methyl sites for hydroxylation is 1. The van der Waals surface area contributed by atoms with E-state index in [1.807, 2.05) is 0 Å². The number of hydrogen-bond donors (Lipinski definition) is 1. The molecule has 1 aliphatic carbocycles. The largest absolute Gasteiger partial charge is 0.392 e. The quantitative estimate of drug-likeness (QED) is 0.891. The first kappa shape index (κ1) is 17.3. The van der Waals surface area contributed by atoms with E-state index >= 15 is 0 Å². The van der Waals surface area contributed by atoms with Crippen molar-refractivity contribution in [3.8, 4) is 0 Å². The van der Waals surface area contributed by atoms with Crippen molar-refractivity contribution < 1.29 is 9.84 Å². The fourth-order valence-electron chi connectivity index (χ4n) is 5.12. The molecule has 2 atom stereocenters. The minimum Gasteiger partial charge on any atom is -0.392 e. The molecule has 1 N–H and O–H groups in total. The van der Waals surface area contributed by atoms with E-state index in [1.54, 1.807) is 0 Å². The molecular weight excluding hydrogens is 312 g/mol. The van der Waals surface area contributed by atoms with Gasteiger partial charge < -0.3 is 19.6 Å². The lowest BCUT2D eigenvalue weighted by Gasteiger charge is -2.56. The van der Waals surface area contributed by atoms with Crippen molar-refractivity contribution in [2.45, 2.75) is 51.2 Å². The second kappa shape index (κ2) is 7.26. The zero-order chi connectivity index (χ0) is 17.3. The molecule has 0 amide bonds. The van der Waals surface area contributed by atoms with Crippen LogP contribution in [-0.4, -0.2) is 61.5 Å². The predicted octanol–water partition coefficient (Wildman–Crippen LogP) is 2.69. The Balaban J connectivity index is 1.30. The molecule has 3 aliphatic rings. The molecule has 1 spiro atoms. The first-order valence-corrected chi connectivity index (χ1v) is 10.1. The van der Waals surface area contributed by atoms with Gasteiger partial charge in [0.15, 0.2) is 0 Å². The van der Waals surface area contributed by atoms with Crippen LogP contribution >= 0.6 is 0 Å². The van der Waals surface area contributed by atoms with Crippen molar-refractivity contribution >= 4 is 5.69 Å². The second-order valence-corrected chi connectivity index (χ2v) is 7.99. The highest BCUT2D eigenvalue weighted by Crippen LogP contribution is 2.50. The standard InChI is InChI=1S/C21H32N2O2/c1-2-25-20-16-19(24)21(20)9-12-22(13-10-21)14-15-23-11-5-7-17-6-3-4-8-18(17)23/h3-4,6,8,19-20,24H,2,5,7,9-16H2,1H3. The van der Waals surface area contributed by atoms with Gasteiger partial charge in [0.05, 0.1) is 12.2 Å². The number of nitrogens with zero attached hydrogens (tertiary/aromatic N) is 2. The van der Waals surface area contributed by atoms with E-state index in [9.17, 15) is 5.11 Å². The van der Waals surface area contributed by atoms with Crippen molar-refractivity contribution in [1.29, 1.82) is 0 Å². The third-order valence-electron chi connectivity index (χ3n) is 6.79. The monoisotopic (exact) mass is 344 g/mol. The van der Waals surface area contributed by atoms with E-state index in [4.69, 9.17) is 4.74 Å².